The number of fused-ring (bicyclic) bond motifs is 1. The first-order valence-corrected chi connectivity index (χ1v) is 7.56. The summed E-state index contributed by atoms with van der Waals surface area (Å²) >= 11 is 0. The van der Waals surface area contributed by atoms with E-state index in [1.807, 2.05) is 16.7 Å². The average molecular weight is 273 g/mol. The number of piperidine rings is 1. The molecule has 3 rings (SSSR count). The van der Waals surface area contributed by atoms with Gasteiger partial charge in [-0.2, -0.15) is 0 Å². The zero-order valence-corrected chi connectivity index (χ0v) is 12.3. The normalized spacial score (nSPS) is 20.9. The summed E-state index contributed by atoms with van der Waals surface area (Å²) in [6.07, 6.45) is 8.66. The summed E-state index contributed by atoms with van der Waals surface area (Å²) in [6.45, 7) is 5.76. The van der Waals surface area contributed by atoms with Crippen LogP contribution in [0.2, 0.25) is 0 Å². The van der Waals surface area contributed by atoms with Crippen LogP contribution < -0.4 is 0 Å². The highest BCUT2D eigenvalue weighted by molar-refractivity contribution is 5.42. The molecule has 20 heavy (non-hydrogen) atoms. The van der Waals surface area contributed by atoms with E-state index in [0.717, 1.165) is 17.8 Å². The molecule has 0 amide bonds. The second kappa shape index (κ2) is 5.44. The van der Waals surface area contributed by atoms with Crippen molar-refractivity contribution in [3.8, 4) is 5.75 Å². The Labute approximate surface area is 120 Å². The van der Waals surface area contributed by atoms with Gasteiger partial charge in [0, 0.05) is 24.7 Å². The van der Waals surface area contributed by atoms with Gasteiger partial charge in [0.2, 0.25) is 0 Å². The Balaban J connectivity index is 1.80. The van der Waals surface area contributed by atoms with Crippen molar-refractivity contribution in [3.63, 3.8) is 0 Å². The number of aromatic nitrogens is 2. The molecule has 1 saturated heterocycles. The lowest BCUT2D eigenvalue weighted by Gasteiger charge is -2.38. The number of aromatic hydroxyl groups is 1. The first kappa shape index (κ1) is 13.4. The first-order chi connectivity index (χ1) is 9.63. The van der Waals surface area contributed by atoms with Gasteiger partial charge in [-0.15, -0.1) is 0 Å². The van der Waals surface area contributed by atoms with E-state index in [1.165, 1.54) is 25.8 Å². The Bertz CT molecular complexity index is 590. The van der Waals surface area contributed by atoms with Gasteiger partial charge in [0.25, 0.3) is 0 Å². The molecular formula is C16H23N3O. The highest BCUT2D eigenvalue weighted by atomic mass is 16.3. The van der Waals surface area contributed by atoms with Gasteiger partial charge >= 0.3 is 0 Å². The lowest BCUT2D eigenvalue weighted by molar-refractivity contribution is 0.111. The number of pyridine rings is 1. The molecule has 1 unspecified atom stereocenters. The van der Waals surface area contributed by atoms with Crippen LogP contribution >= 0.6 is 0 Å². The summed E-state index contributed by atoms with van der Waals surface area (Å²) in [5.41, 5.74) is 2.03. The van der Waals surface area contributed by atoms with Crippen LogP contribution in [0, 0.1) is 0 Å². The molecule has 3 heterocycles. The standard InChI is InChI=1S/C16H23N3O/c1-12(2)19-8-4-3-5-14(19)9-13-10-18-11-15(20)6-7-16(18)17-13/h6-7,10-12,14,20H,3-5,8-9H2,1-2H3. The predicted molar refractivity (Wildman–Crippen MR) is 80.0 cm³/mol. The molecule has 0 aromatic carbocycles. The number of hydrogen-bond acceptors (Lipinski definition) is 3. The summed E-state index contributed by atoms with van der Waals surface area (Å²) in [5, 5.41) is 9.52. The number of likely N-dealkylation sites (tertiary alicyclic amines) is 1. The van der Waals surface area contributed by atoms with E-state index in [2.05, 4.69) is 23.7 Å². The molecule has 1 atom stereocenters. The summed E-state index contributed by atoms with van der Waals surface area (Å²) in [7, 11) is 0. The van der Waals surface area contributed by atoms with Crippen molar-refractivity contribution in [1.82, 2.24) is 14.3 Å². The molecule has 2 aromatic heterocycles. The SMILES string of the molecule is CC(C)N1CCCCC1Cc1cn2cc(O)ccc2n1. The van der Waals surface area contributed by atoms with Crippen LogP contribution in [0.1, 0.15) is 38.8 Å². The Hall–Kier alpha value is -1.55. The second-order valence-electron chi connectivity index (χ2n) is 6.07. The molecule has 1 fully saturated rings. The Morgan fingerprint density at radius 1 is 1.30 bits per heavy atom. The molecule has 4 heteroatoms. The van der Waals surface area contributed by atoms with Crippen molar-refractivity contribution in [2.24, 2.45) is 0 Å². The Morgan fingerprint density at radius 3 is 2.95 bits per heavy atom. The van der Waals surface area contributed by atoms with Gasteiger partial charge in [0.05, 0.1) is 11.9 Å². The molecule has 108 valence electrons. The van der Waals surface area contributed by atoms with Gasteiger partial charge in [-0.3, -0.25) is 4.90 Å². The van der Waals surface area contributed by atoms with Gasteiger partial charge in [0.15, 0.2) is 0 Å². The van der Waals surface area contributed by atoms with Crippen LogP contribution in [-0.4, -0.2) is 38.0 Å². The lowest BCUT2D eigenvalue weighted by atomic mass is 9.97. The molecule has 1 aliphatic heterocycles. The quantitative estimate of drug-likeness (QED) is 0.935. The van der Waals surface area contributed by atoms with Gasteiger partial charge in [0.1, 0.15) is 11.4 Å². The van der Waals surface area contributed by atoms with Gasteiger partial charge in [-0.25, -0.2) is 4.98 Å². The van der Waals surface area contributed by atoms with Crippen LogP contribution in [-0.2, 0) is 6.42 Å². The fourth-order valence-electron chi connectivity index (χ4n) is 3.29. The van der Waals surface area contributed by atoms with Crippen molar-refractivity contribution in [1.29, 1.82) is 0 Å². The third kappa shape index (κ3) is 2.66. The van der Waals surface area contributed by atoms with E-state index < -0.39 is 0 Å². The molecule has 1 aliphatic rings. The van der Waals surface area contributed by atoms with Crippen molar-refractivity contribution >= 4 is 5.65 Å². The van der Waals surface area contributed by atoms with Crippen molar-refractivity contribution < 1.29 is 5.11 Å². The van der Waals surface area contributed by atoms with E-state index in [4.69, 9.17) is 0 Å². The minimum Gasteiger partial charge on any atom is -0.506 e. The maximum Gasteiger partial charge on any atom is 0.137 e. The molecule has 0 saturated carbocycles. The Kier molecular flexibility index (Phi) is 3.66. The monoisotopic (exact) mass is 273 g/mol. The highest BCUT2D eigenvalue weighted by Crippen LogP contribution is 2.23. The molecule has 0 aliphatic carbocycles. The Morgan fingerprint density at radius 2 is 2.15 bits per heavy atom. The lowest BCUT2D eigenvalue weighted by Crippen LogP contribution is -2.45. The van der Waals surface area contributed by atoms with Crippen molar-refractivity contribution in [2.75, 3.05) is 6.54 Å². The van der Waals surface area contributed by atoms with E-state index in [-0.39, 0.29) is 5.75 Å². The zero-order valence-electron chi connectivity index (χ0n) is 12.3. The third-order valence-electron chi connectivity index (χ3n) is 4.27. The minimum atomic E-state index is 0.280. The fraction of sp³-hybridized carbons (Fsp3) is 0.562. The maximum absolute atomic E-state index is 9.52. The molecule has 4 nitrogen and oxygen atoms in total. The fourth-order valence-corrected chi connectivity index (χ4v) is 3.29. The summed E-state index contributed by atoms with van der Waals surface area (Å²) in [5.74, 6) is 0.280. The second-order valence-corrected chi connectivity index (χ2v) is 6.07. The van der Waals surface area contributed by atoms with Crippen molar-refractivity contribution in [2.45, 2.75) is 51.6 Å². The summed E-state index contributed by atoms with van der Waals surface area (Å²) in [6, 6.07) is 4.75. The molecule has 2 aromatic rings. The van der Waals surface area contributed by atoms with Crippen LogP contribution in [0.3, 0.4) is 0 Å². The van der Waals surface area contributed by atoms with Gasteiger partial charge < -0.3 is 9.51 Å². The topological polar surface area (TPSA) is 40.8 Å². The first-order valence-electron chi connectivity index (χ1n) is 7.56. The molecule has 1 N–H and O–H groups in total. The van der Waals surface area contributed by atoms with Crippen LogP contribution in [0.25, 0.3) is 5.65 Å². The molecular weight excluding hydrogens is 250 g/mol. The average Bonchev–Trinajstić information content (AvgIpc) is 2.80. The van der Waals surface area contributed by atoms with E-state index >= 15 is 0 Å². The largest absolute Gasteiger partial charge is 0.506 e. The molecule has 0 spiro atoms. The van der Waals surface area contributed by atoms with Gasteiger partial charge in [-0.1, -0.05) is 6.42 Å². The summed E-state index contributed by atoms with van der Waals surface area (Å²) in [4.78, 5) is 7.27. The minimum absolute atomic E-state index is 0.280. The molecule has 0 bridgehead atoms. The van der Waals surface area contributed by atoms with Crippen molar-refractivity contribution in [3.05, 3.63) is 30.2 Å². The molecule has 0 radical (unpaired) electrons. The zero-order chi connectivity index (χ0) is 14.1. The predicted octanol–water partition coefficient (Wildman–Crippen LogP) is 2.85. The number of nitrogens with zero attached hydrogens (tertiary/aromatic N) is 3. The smallest absolute Gasteiger partial charge is 0.137 e. The highest BCUT2D eigenvalue weighted by Gasteiger charge is 2.25. The number of hydrogen-bond donors (Lipinski definition) is 1. The van der Waals surface area contributed by atoms with E-state index in [1.54, 1.807) is 12.3 Å². The third-order valence-corrected chi connectivity index (χ3v) is 4.27. The maximum atomic E-state index is 9.52. The van der Waals surface area contributed by atoms with Crippen LogP contribution in [0.15, 0.2) is 24.5 Å². The number of imidazole rings is 1. The van der Waals surface area contributed by atoms with Crippen LogP contribution in [0.4, 0.5) is 0 Å². The summed E-state index contributed by atoms with van der Waals surface area (Å²) < 4.78 is 1.91. The van der Waals surface area contributed by atoms with Gasteiger partial charge in [-0.05, 0) is 45.4 Å². The van der Waals surface area contributed by atoms with Crippen LogP contribution in [0.5, 0.6) is 5.75 Å². The number of rotatable bonds is 3. The van der Waals surface area contributed by atoms with E-state index in [0.29, 0.717) is 12.1 Å². The van der Waals surface area contributed by atoms with E-state index in [9.17, 15) is 5.11 Å².